The summed E-state index contributed by atoms with van der Waals surface area (Å²) in [6, 6.07) is 1.68. The number of hydrogen-bond acceptors (Lipinski definition) is 4. The largest absolute Gasteiger partial charge is 0.352 e. The Labute approximate surface area is 148 Å². The highest BCUT2D eigenvalue weighted by Crippen LogP contribution is 2.31. The van der Waals surface area contributed by atoms with Gasteiger partial charge in [0, 0.05) is 36.3 Å². The normalized spacial score (nSPS) is 11.2. The predicted molar refractivity (Wildman–Crippen MR) is 92.3 cm³/mol. The first-order chi connectivity index (χ1) is 12.0. The molecule has 0 aliphatic carbocycles. The van der Waals surface area contributed by atoms with Crippen molar-refractivity contribution in [3.8, 4) is 11.1 Å². The van der Waals surface area contributed by atoms with Gasteiger partial charge in [0.25, 0.3) is 6.43 Å². The Morgan fingerprint density at radius 1 is 1.16 bits per heavy atom. The van der Waals surface area contributed by atoms with E-state index in [-0.39, 0.29) is 0 Å². The molecule has 0 fully saturated rings. The number of aryl methyl sites for hydroxylation is 1. The van der Waals surface area contributed by atoms with Gasteiger partial charge in [0.15, 0.2) is 0 Å². The number of pyridine rings is 1. The third-order valence-corrected chi connectivity index (χ3v) is 3.71. The lowest BCUT2D eigenvalue weighted by Crippen LogP contribution is -2.06. The van der Waals surface area contributed by atoms with Gasteiger partial charge in [-0.05, 0) is 12.5 Å². The van der Waals surface area contributed by atoms with Crippen LogP contribution in [0, 0.1) is 0 Å². The van der Waals surface area contributed by atoms with E-state index in [4.69, 9.17) is 11.6 Å². The van der Waals surface area contributed by atoms with E-state index in [1.807, 2.05) is 10.9 Å². The van der Waals surface area contributed by atoms with Crippen molar-refractivity contribution >= 4 is 23.0 Å². The first-order valence-corrected chi connectivity index (χ1v) is 8.19. The van der Waals surface area contributed by atoms with Crippen LogP contribution in [-0.2, 0) is 13.1 Å². The Morgan fingerprint density at radius 3 is 2.72 bits per heavy atom. The zero-order valence-electron chi connectivity index (χ0n) is 13.5. The maximum Gasteiger partial charge on any atom is 0.257 e. The zero-order valence-corrected chi connectivity index (χ0v) is 14.3. The Hall–Kier alpha value is -2.48. The summed E-state index contributed by atoms with van der Waals surface area (Å²) in [6.07, 6.45) is 6.87. The van der Waals surface area contributed by atoms with Crippen LogP contribution in [-0.4, -0.2) is 31.0 Å². The number of aromatic nitrogens is 5. The predicted octanol–water partition coefficient (Wildman–Crippen LogP) is 4.21. The molecule has 0 atom stereocenters. The maximum absolute atomic E-state index is 12.4. The van der Waals surface area contributed by atoms with E-state index in [0.717, 1.165) is 24.1 Å². The highest BCUT2D eigenvalue weighted by Gasteiger charge is 2.12. The number of anilines is 2. The molecule has 9 heteroatoms. The topological polar surface area (TPSA) is 60.6 Å². The van der Waals surface area contributed by atoms with Crippen LogP contribution < -0.4 is 5.32 Å². The second-order valence-corrected chi connectivity index (χ2v) is 5.90. The summed E-state index contributed by atoms with van der Waals surface area (Å²) in [6.45, 7) is 2.45. The fourth-order valence-corrected chi connectivity index (χ4v) is 2.60. The summed E-state index contributed by atoms with van der Waals surface area (Å²) in [5.41, 5.74) is 2.99. The van der Waals surface area contributed by atoms with Gasteiger partial charge in [-0.1, -0.05) is 18.5 Å². The molecule has 3 heterocycles. The summed E-state index contributed by atoms with van der Waals surface area (Å²) in [7, 11) is 0. The average molecular weight is 367 g/mol. The summed E-state index contributed by atoms with van der Waals surface area (Å²) < 4.78 is 27.9. The Balaban J connectivity index is 1.87. The highest BCUT2D eigenvalue weighted by atomic mass is 35.5. The second-order valence-electron chi connectivity index (χ2n) is 5.51. The Bertz CT molecular complexity index is 845. The van der Waals surface area contributed by atoms with Gasteiger partial charge in [0.05, 0.1) is 23.8 Å². The zero-order chi connectivity index (χ0) is 17.8. The molecule has 0 unspecified atom stereocenters. The molecule has 0 aromatic carbocycles. The molecule has 1 N–H and O–H groups in total. The minimum atomic E-state index is -2.46. The molecule has 0 saturated heterocycles. The monoisotopic (exact) mass is 366 g/mol. The highest BCUT2D eigenvalue weighted by molar-refractivity contribution is 6.29. The molecular weight excluding hydrogens is 350 g/mol. The van der Waals surface area contributed by atoms with Gasteiger partial charge in [0.1, 0.15) is 11.7 Å². The van der Waals surface area contributed by atoms with Gasteiger partial charge in [-0.25, -0.2) is 13.8 Å². The standard InChI is InChI=1S/C16H17ClF2N6/c1-2-3-24-8-11(5-21-24)13-7-20-15(17)4-14(13)23-12-6-22-25(9-12)10-16(18)19/h4-9,16H,2-3,10H2,1H3,(H,20,23). The molecule has 0 aliphatic rings. The molecule has 3 rings (SSSR count). The van der Waals surface area contributed by atoms with Crippen LogP contribution in [0.1, 0.15) is 13.3 Å². The van der Waals surface area contributed by atoms with E-state index >= 15 is 0 Å². The fraction of sp³-hybridized carbons (Fsp3) is 0.312. The first kappa shape index (κ1) is 17.3. The van der Waals surface area contributed by atoms with Crippen LogP contribution in [0.3, 0.4) is 0 Å². The van der Waals surface area contributed by atoms with Crippen molar-refractivity contribution in [2.24, 2.45) is 0 Å². The van der Waals surface area contributed by atoms with Crippen LogP contribution >= 0.6 is 11.6 Å². The Morgan fingerprint density at radius 2 is 1.96 bits per heavy atom. The van der Waals surface area contributed by atoms with Gasteiger partial charge in [-0.3, -0.25) is 9.36 Å². The minimum Gasteiger partial charge on any atom is -0.352 e. The lowest BCUT2D eigenvalue weighted by atomic mass is 10.1. The number of halogens is 3. The van der Waals surface area contributed by atoms with Crippen LogP contribution in [0.5, 0.6) is 0 Å². The molecule has 3 aromatic heterocycles. The minimum absolute atomic E-state index is 0.326. The lowest BCUT2D eigenvalue weighted by molar-refractivity contribution is 0.122. The van der Waals surface area contributed by atoms with E-state index in [1.165, 1.54) is 17.1 Å². The van der Waals surface area contributed by atoms with Crippen molar-refractivity contribution in [3.63, 3.8) is 0 Å². The molecule has 0 saturated carbocycles. The molecular formula is C16H17ClF2N6. The van der Waals surface area contributed by atoms with Crippen LogP contribution in [0.4, 0.5) is 20.2 Å². The van der Waals surface area contributed by atoms with Crippen molar-refractivity contribution in [3.05, 3.63) is 42.2 Å². The number of alkyl halides is 2. The molecule has 25 heavy (non-hydrogen) atoms. The average Bonchev–Trinajstić information content (AvgIpc) is 3.17. The van der Waals surface area contributed by atoms with Crippen LogP contribution in [0.2, 0.25) is 5.15 Å². The van der Waals surface area contributed by atoms with E-state index in [9.17, 15) is 8.78 Å². The molecule has 0 amide bonds. The quantitative estimate of drug-likeness (QED) is 0.636. The number of hydrogen-bond donors (Lipinski definition) is 1. The Kier molecular flexibility index (Phi) is 5.28. The second kappa shape index (κ2) is 7.60. The number of rotatable bonds is 7. The molecule has 0 bridgehead atoms. The summed E-state index contributed by atoms with van der Waals surface area (Å²) >= 11 is 6.01. The van der Waals surface area contributed by atoms with E-state index in [1.54, 1.807) is 18.5 Å². The molecule has 0 spiro atoms. The van der Waals surface area contributed by atoms with Crippen molar-refractivity contribution in [2.75, 3.05) is 5.32 Å². The van der Waals surface area contributed by atoms with Crippen molar-refractivity contribution in [1.29, 1.82) is 0 Å². The molecule has 0 radical (unpaired) electrons. The SMILES string of the molecule is CCCn1cc(-c2cnc(Cl)cc2Nc2cnn(CC(F)F)c2)cn1. The number of nitrogens with zero attached hydrogens (tertiary/aromatic N) is 5. The maximum atomic E-state index is 12.4. The molecule has 6 nitrogen and oxygen atoms in total. The molecule has 0 aliphatic heterocycles. The van der Waals surface area contributed by atoms with Gasteiger partial charge >= 0.3 is 0 Å². The van der Waals surface area contributed by atoms with Crippen LogP contribution in [0.25, 0.3) is 11.1 Å². The van der Waals surface area contributed by atoms with Gasteiger partial charge in [-0.15, -0.1) is 0 Å². The van der Waals surface area contributed by atoms with E-state index in [0.29, 0.717) is 16.5 Å². The summed E-state index contributed by atoms with van der Waals surface area (Å²) in [5.74, 6) is 0. The summed E-state index contributed by atoms with van der Waals surface area (Å²) in [5, 5.41) is 11.7. The number of nitrogens with one attached hydrogen (secondary N) is 1. The van der Waals surface area contributed by atoms with Crippen molar-refractivity contribution < 1.29 is 8.78 Å². The van der Waals surface area contributed by atoms with E-state index in [2.05, 4.69) is 27.4 Å². The van der Waals surface area contributed by atoms with Crippen molar-refractivity contribution in [1.82, 2.24) is 24.5 Å². The van der Waals surface area contributed by atoms with Crippen molar-refractivity contribution in [2.45, 2.75) is 32.9 Å². The third kappa shape index (κ3) is 4.33. The van der Waals surface area contributed by atoms with Gasteiger partial charge in [0.2, 0.25) is 0 Å². The van der Waals surface area contributed by atoms with Crippen LogP contribution in [0.15, 0.2) is 37.1 Å². The lowest BCUT2D eigenvalue weighted by Gasteiger charge is -2.09. The summed E-state index contributed by atoms with van der Waals surface area (Å²) in [4.78, 5) is 4.13. The van der Waals surface area contributed by atoms with E-state index < -0.39 is 13.0 Å². The third-order valence-electron chi connectivity index (χ3n) is 3.50. The smallest absolute Gasteiger partial charge is 0.257 e. The molecule has 3 aromatic rings. The fourth-order valence-electron chi connectivity index (χ4n) is 2.44. The first-order valence-electron chi connectivity index (χ1n) is 7.81. The van der Waals surface area contributed by atoms with Gasteiger partial charge in [-0.2, -0.15) is 10.2 Å². The van der Waals surface area contributed by atoms with Gasteiger partial charge < -0.3 is 5.32 Å². The molecule has 132 valence electrons.